The van der Waals surface area contributed by atoms with Crippen LogP contribution in [-0.2, 0) is 6.42 Å². The lowest BCUT2D eigenvalue weighted by Gasteiger charge is -2.31. The van der Waals surface area contributed by atoms with Crippen LogP contribution in [0.25, 0.3) is 0 Å². The first-order valence-corrected chi connectivity index (χ1v) is 7.18. The number of benzene rings is 1. The Bertz CT molecular complexity index is 430. The van der Waals surface area contributed by atoms with Gasteiger partial charge in [0.25, 0.3) is 0 Å². The van der Waals surface area contributed by atoms with Gasteiger partial charge in [-0.2, -0.15) is 0 Å². The molecule has 0 heterocycles. The summed E-state index contributed by atoms with van der Waals surface area (Å²) in [6.07, 6.45) is 0.785. The molecule has 4 heteroatoms. The molecule has 4 nitrogen and oxygen atoms in total. The van der Waals surface area contributed by atoms with Crippen molar-refractivity contribution in [1.29, 1.82) is 0 Å². The summed E-state index contributed by atoms with van der Waals surface area (Å²) in [5.41, 5.74) is 1.13. The summed E-state index contributed by atoms with van der Waals surface area (Å²) in [4.78, 5) is 15.9. The molecule has 1 aromatic rings. The highest BCUT2D eigenvalue weighted by molar-refractivity contribution is 5.74. The van der Waals surface area contributed by atoms with E-state index in [0.29, 0.717) is 0 Å². The number of hydrogen-bond acceptors (Lipinski definition) is 2. The number of carbonyl (C=O) groups excluding carboxylic acids is 1. The molecular formula is C16H26N2O2. The second kappa shape index (κ2) is 7.78. The van der Waals surface area contributed by atoms with E-state index in [4.69, 9.17) is 4.74 Å². The number of nitrogens with zero attached hydrogens (tertiary/aromatic N) is 2. The number of para-hydroxylation sites is 1. The second-order valence-electron chi connectivity index (χ2n) is 4.93. The molecule has 1 rings (SSSR count). The molecule has 112 valence electrons. The van der Waals surface area contributed by atoms with Crippen LogP contribution in [0.1, 0.15) is 26.3 Å². The molecule has 0 aromatic heterocycles. The average molecular weight is 278 g/mol. The maximum atomic E-state index is 12.3. The molecule has 0 bridgehead atoms. The van der Waals surface area contributed by atoms with Crippen molar-refractivity contribution in [2.45, 2.75) is 33.2 Å². The number of amides is 2. The molecule has 0 aliphatic carbocycles. The number of carbonyl (C=O) groups is 1. The summed E-state index contributed by atoms with van der Waals surface area (Å²) in [5, 5.41) is 0. The van der Waals surface area contributed by atoms with Crippen LogP contribution in [-0.4, -0.2) is 49.1 Å². The predicted molar refractivity (Wildman–Crippen MR) is 82.2 cm³/mol. The third-order valence-corrected chi connectivity index (χ3v) is 3.70. The van der Waals surface area contributed by atoms with E-state index >= 15 is 0 Å². The molecule has 1 unspecified atom stereocenters. The molecule has 1 atom stereocenters. The molecular weight excluding hydrogens is 252 g/mol. The van der Waals surface area contributed by atoms with Gasteiger partial charge in [-0.05, 0) is 38.8 Å². The Labute approximate surface area is 122 Å². The molecule has 0 fully saturated rings. The third kappa shape index (κ3) is 3.89. The van der Waals surface area contributed by atoms with Gasteiger partial charge in [0.1, 0.15) is 5.75 Å². The summed E-state index contributed by atoms with van der Waals surface area (Å²) in [7, 11) is 3.54. The Morgan fingerprint density at radius 1 is 1.25 bits per heavy atom. The number of urea groups is 1. The van der Waals surface area contributed by atoms with E-state index in [1.807, 2.05) is 50.1 Å². The van der Waals surface area contributed by atoms with E-state index < -0.39 is 0 Å². The molecule has 0 radical (unpaired) electrons. The second-order valence-corrected chi connectivity index (χ2v) is 4.93. The number of hydrogen-bond donors (Lipinski definition) is 0. The van der Waals surface area contributed by atoms with E-state index in [2.05, 4.69) is 6.92 Å². The Morgan fingerprint density at radius 2 is 1.85 bits per heavy atom. The van der Waals surface area contributed by atoms with Crippen molar-refractivity contribution in [1.82, 2.24) is 9.80 Å². The van der Waals surface area contributed by atoms with Gasteiger partial charge in [0.2, 0.25) is 0 Å². The van der Waals surface area contributed by atoms with Crippen LogP contribution in [0.2, 0.25) is 0 Å². The molecule has 20 heavy (non-hydrogen) atoms. The van der Waals surface area contributed by atoms with E-state index in [9.17, 15) is 4.79 Å². The van der Waals surface area contributed by atoms with Crippen molar-refractivity contribution in [3.8, 4) is 5.75 Å². The molecule has 0 saturated carbocycles. The molecule has 2 amide bonds. The summed E-state index contributed by atoms with van der Waals surface area (Å²) in [6, 6.07) is 8.16. The molecule has 0 aliphatic rings. The van der Waals surface area contributed by atoms with Gasteiger partial charge in [-0.25, -0.2) is 4.79 Å². The first-order valence-electron chi connectivity index (χ1n) is 7.18. The van der Waals surface area contributed by atoms with E-state index in [1.54, 1.807) is 12.0 Å². The minimum Gasteiger partial charge on any atom is -0.496 e. The largest absolute Gasteiger partial charge is 0.496 e. The number of rotatable bonds is 6. The zero-order valence-electron chi connectivity index (χ0n) is 13.2. The van der Waals surface area contributed by atoms with Crippen LogP contribution in [0.3, 0.4) is 0 Å². The number of likely N-dealkylation sites (N-methyl/N-ethyl adjacent to an activating group) is 1. The molecule has 0 saturated heterocycles. The average Bonchev–Trinajstić information content (AvgIpc) is 2.48. The Morgan fingerprint density at radius 3 is 2.40 bits per heavy atom. The maximum Gasteiger partial charge on any atom is 0.319 e. The fourth-order valence-corrected chi connectivity index (χ4v) is 2.23. The van der Waals surface area contributed by atoms with Gasteiger partial charge in [-0.15, -0.1) is 0 Å². The molecule has 0 aliphatic heterocycles. The van der Waals surface area contributed by atoms with E-state index in [0.717, 1.165) is 30.8 Å². The SMILES string of the molecule is CCN(CC)C(=O)N(C)C(C)Cc1ccccc1OC. The quantitative estimate of drug-likeness (QED) is 0.801. The fraction of sp³-hybridized carbons (Fsp3) is 0.562. The van der Waals surface area contributed by atoms with Crippen molar-refractivity contribution in [2.24, 2.45) is 0 Å². The molecule has 0 N–H and O–H groups in total. The lowest BCUT2D eigenvalue weighted by Crippen LogP contribution is -2.45. The third-order valence-electron chi connectivity index (χ3n) is 3.70. The summed E-state index contributed by atoms with van der Waals surface area (Å²) >= 11 is 0. The predicted octanol–water partition coefficient (Wildman–Crippen LogP) is 3.02. The van der Waals surface area contributed by atoms with Crippen molar-refractivity contribution >= 4 is 6.03 Å². The Hall–Kier alpha value is -1.71. The Balaban J connectivity index is 2.75. The highest BCUT2D eigenvalue weighted by Gasteiger charge is 2.20. The van der Waals surface area contributed by atoms with Crippen LogP contribution in [0.15, 0.2) is 24.3 Å². The van der Waals surface area contributed by atoms with Crippen LogP contribution in [0.5, 0.6) is 5.75 Å². The van der Waals surface area contributed by atoms with Gasteiger partial charge >= 0.3 is 6.03 Å². The van der Waals surface area contributed by atoms with Gasteiger partial charge in [-0.3, -0.25) is 0 Å². The minimum atomic E-state index is 0.0809. The van der Waals surface area contributed by atoms with Crippen LogP contribution < -0.4 is 4.74 Å². The maximum absolute atomic E-state index is 12.3. The number of ether oxygens (including phenoxy) is 1. The summed E-state index contributed by atoms with van der Waals surface area (Å²) < 4.78 is 5.36. The highest BCUT2D eigenvalue weighted by atomic mass is 16.5. The number of methoxy groups -OCH3 is 1. The zero-order valence-corrected chi connectivity index (χ0v) is 13.2. The van der Waals surface area contributed by atoms with Crippen LogP contribution in [0.4, 0.5) is 4.79 Å². The van der Waals surface area contributed by atoms with Gasteiger partial charge in [0.15, 0.2) is 0 Å². The topological polar surface area (TPSA) is 32.8 Å². The van der Waals surface area contributed by atoms with Crippen molar-refractivity contribution in [3.63, 3.8) is 0 Å². The van der Waals surface area contributed by atoms with Crippen LogP contribution in [0, 0.1) is 0 Å². The van der Waals surface area contributed by atoms with Gasteiger partial charge in [0, 0.05) is 26.2 Å². The van der Waals surface area contributed by atoms with E-state index in [1.165, 1.54) is 0 Å². The normalized spacial score (nSPS) is 11.8. The van der Waals surface area contributed by atoms with E-state index in [-0.39, 0.29) is 12.1 Å². The Kier molecular flexibility index (Phi) is 6.36. The minimum absolute atomic E-state index is 0.0809. The lowest BCUT2D eigenvalue weighted by atomic mass is 10.1. The first kappa shape index (κ1) is 16.3. The van der Waals surface area contributed by atoms with Gasteiger partial charge in [0.05, 0.1) is 7.11 Å². The highest BCUT2D eigenvalue weighted by Crippen LogP contribution is 2.20. The fourth-order valence-electron chi connectivity index (χ4n) is 2.23. The van der Waals surface area contributed by atoms with Gasteiger partial charge in [-0.1, -0.05) is 18.2 Å². The smallest absolute Gasteiger partial charge is 0.319 e. The standard InChI is InChI=1S/C16H26N2O2/c1-6-18(7-2)16(19)17(4)13(3)12-14-10-8-9-11-15(14)20-5/h8-11,13H,6-7,12H2,1-5H3. The lowest BCUT2D eigenvalue weighted by molar-refractivity contribution is 0.153. The first-order chi connectivity index (χ1) is 9.54. The van der Waals surface area contributed by atoms with Crippen LogP contribution >= 0.6 is 0 Å². The van der Waals surface area contributed by atoms with Crippen molar-refractivity contribution < 1.29 is 9.53 Å². The van der Waals surface area contributed by atoms with Gasteiger partial charge < -0.3 is 14.5 Å². The molecule has 0 spiro atoms. The monoisotopic (exact) mass is 278 g/mol. The van der Waals surface area contributed by atoms with Crippen molar-refractivity contribution in [2.75, 3.05) is 27.2 Å². The van der Waals surface area contributed by atoms with Crippen molar-refractivity contribution in [3.05, 3.63) is 29.8 Å². The summed E-state index contributed by atoms with van der Waals surface area (Å²) in [5.74, 6) is 0.878. The zero-order chi connectivity index (χ0) is 15.1. The summed E-state index contributed by atoms with van der Waals surface area (Å²) in [6.45, 7) is 7.54. The molecule has 1 aromatic carbocycles.